The number of nitrogens with zero attached hydrogens (tertiary/aromatic N) is 1. The van der Waals surface area contributed by atoms with Crippen LogP contribution in [0.4, 0.5) is 0 Å². The van der Waals surface area contributed by atoms with Crippen LogP contribution in [-0.2, 0) is 14.3 Å². The predicted molar refractivity (Wildman–Crippen MR) is 88.7 cm³/mol. The summed E-state index contributed by atoms with van der Waals surface area (Å²) in [6.45, 7) is 5.54. The second kappa shape index (κ2) is 8.26. The van der Waals surface area contributed by atoms with E-state index in [2.05, 4.69) is 16.8 Å². The Bertz CT molecular complexity index is 465. The number of hydrogen-bond donors (Lipinski definition) is 1. The molecule has 2 aliphatic rings. The molecule has 1 aromatic heterocycles. The molecule has 7 heteroatoms. The van der Waals surface area contributed by atoms with Gasteiger partial charge in [-0.05, 0) is 29.3 Å². The third-order valence-electron chi connectivity index (χ3n) is 3.95. The standard InChI is InChI=1S/C15H22N2O3S.ClH/c1-11-7-17(8-14(20-11)12-2-5-21-10-12)15(18)6-13-9-19-4-3-16-13;/h2,5,10-11,13-14,16H,3-4,6-9H2,1H3;1H. The van der Waals surface area contributed by atoms with Gasteiger partial charge >= 0.3 is 0 Å². The molecule has 0 spiro atoms. The zero-order valence-corrected chi connectivity index (χ0v) is 14.3. The predicted octanol–water partition coefficient (Wildman–Crippen LogP) is 1.84. The summed E-state index contributed by atoms with van der Waals surface area (Å²) in [5, 5.41) is 7.49. The lowest BCUT2D eigenvalue weighted by Gasteiger charge is -2.37. The van der Waals surface area contributed by atoms with Crippen LogP contribution in [-0.4, -0.2) is 55.8 Å². The molecule has 2 saturated heterocycles. The molecule has 0 saturated carbocycles. The van der Waals surface area contributed by atoms with Gasteiger partial charge in [0, 0.05) is 25.6 Å². The number of thiophene rings is 1. The van der Waals surface area contributed by atoms with E-state index in [-0.39, 0.29) is 36.6 Å². The molecule has 124 valence electrons. The molecule has 22 heavy (non-hydrogen) atoms. The highest BCUT2D eigenvalue weighted by atomic mass is 35.5. The number of halogens is 1. The first kappa shape index (κ1) is 17.7. The molecule has 1 N–H and O–H groups in total. The number of hydrogen-bond acceptors (Lipinski definition) is 5. The summed E-state index contributed by atoms with van der Waals surface area (Å²) in [4.78, 5) is 14.4. The fourth-order valence-electron chi connectivity index (χ4n) is 2.89. The van der Waals surface area contributed by atoms with E-state index in [0.717, 1.165) is 13.2 Å². The van der Waals surface area contributed by atoms with Crippen molar-refractivity contribution in [1.29, 1.82) is 0 Å². The molecule has 0 bridgehead atoms. The number of carbonyl (C=O) groups excluding carboxylic acids is 1. The lowest BCUT2D eigenvalue weighted by atomic mass is 10.1. The van der Waals surface area contributed by atoms with Crippen LogP contribution in [0.5, 0.6) is 0 Å². The van der Waals surface area contributed by atoms with Crippen molar-refractivity contribution >= 4 is 29.7 Å². The number of ether oxygens (including phenoxy) is 2. The van der Waals surface area contributed by atoms with Crippen molar-refractivity contribution in [3.8, 4) is 0 Å². The van der Waals surface area contributed by atoms with Gasteiger partial charge < -0.3 is 19.7 Å². The molecule has 2 fully saturated rings. The van der Waals surface area contributed by atoms with Crippen LogP contribution in [0, 0.1) is 0 Å². The second-order valence-electron chi connectivity index (χ2n) is 5.72. The molecule has 0 radical (unpaired) electrons. The van der Waals surface area contributed by atoms with Crippen molar-refractivity contribution in [3.63, 3.8) is 0 Å². The van der Waals surface area contributed by atoms with Gasteiger partial charge in [-0.15, -0.1) is 12.4 Å². The number of nitrogens with one attached hydrogen (secondary N) is 1. The quantitative estimate of drug-likeness (QED) is 0.907. The van der Waals surface area contributed by atoms with E-state index in [1.807, 2.05) is 17.2 Å². The summed E-state index contributed by atoms with van der Waals surface area (Å²) in [6, 6.07) is 2.22. The Labute approximate surface area is 141 Å². The van der Waals surface area contributed by atoms with E-state index in [1.165, 1.54) is 5.56 Å². The lowest BCUT2D eigenvalue weighted by molar-refractivity contribution is -0.146. The Morgan fingerprint density at radius 3 is 3.05 bits per heavy atom. The minimum Gasteiger partial charge on any atom is -0.378 e. The highest BCUT2D eigenvalue weighted by Crippen LogP contribution is 2.27. The number of rotatable bonds is 3. The van der Waals surface area contributed by atoms with Gasteiger partial charge in [-0.25, -0.2) is 0 Å². The number of morpholine rings is 2. The average Bonchev–Trinajstić information content (AvgIpc) is 3.02. The first-order valence-electron chi connectivity index (χ1n) is 7.49. The van der Waals surface area contributed by atoms with Crippen LogP contribution in [0.15, 0.2) is 16.8 Å². The minimum atomic E-state index is -0.000449. The molecule has 5 nitrogen and oxygen atoms in total. The van der Waals surface area contributed by atoms with Gasteiger partial charge in [0.15, 0.2) is 0 Å². The maximum absolute atomic E-state index is 12.5. The lowest BCUT2D eigenvalue weighted by Crippen LogP contribution is -2.49. The summed E-state index contributed by atoms with van der Waals surface area (Å²) < 4.78 is 11.4. The van der Waals surface area contributed by atoms with Crippen molar-refractivity contribution in [2.24, 2.45) is 0 Å². The maximum atomic E-state index is 12.5. The fraction of sp³-hybridized carbons (Fsp3) is 0.667. The molecule has 3 heterocycles. The smallest absolute Gasteiger partial charge is 0.224 e. The van der Waals surface area contributed by atoms with Gasteiger partial charge in [0.2, 0.25) is 5.91 Å². The number of carbonyl (C=O) groups is 1. The summed E-state index contributed by atoms with van der Waals surface area (Å²) >= 11 is 1.66. The van der Waals surface area contributed by atoms with Crippen molar-refractivity contribution in [2.75, 3.05) is 32.8 Å². The van der Waals surface area contributed by atoms with Gasteiger partial charge in [0.25, 0.3) is 0 Å². The topological polar surface area (TPSA) is 50.8 Å². The molecule has 1 aromatic rings. The van der Waals surface area contributed by atoms with E-state index in [0.29, 0.717) is 26.1 Å². The molecule has 0 aliphatic carbocycles. The van der Waals surface area contributed by atoms with E-state index < -0.39 is 0 Å². The van der Waals surface area contributed by atoms with Crippen molar-refractivity contribution in [2.45, 2.75) is 31.6 Å². The Morgan fingerprint density at radius 2 is 2.36 bits per heavy atom. The summed E-state index contributed by atoms with van der Waals surface area (Å²) in [5.41, 5.74) is 1.17. The molecule has 0 aromatic carbocycles. The molecule has 3 atom stereocenters. The molecule has 2 aliphatic heterocycles. The summed E-state index contributed by atoms with van der Waals surface area (Å²) in [7, 11) is 0. The molecule has 3 unspecified atom stereocenters. The van der Waals surface area contributed by atoms with Gasteiger partial charge in [-0.1, -0.05) is 0 Å². The SMILES string of the molecule is CC1CN(C(=O)CC2COCCN2)CC(c2ccsc2)O1.Cl. The van der Waals surface area contributed by atoms with E-state index >= 15 is 0 Å². The van der Waals surface area contributed by atoms with Gasteiger partial charge in [-0.2, -0.15) is 11.3 Å². The first-order chi connectivity index (χ1) is 10.2. The molecule has 3 rings (SSSR count). The highest BCUT2D eigenvalue weighted by molar-refractivity contribution is 7.07. The van der Waals surface area contributed by atoms with Crippen molar-refractivity contribution in [1.82, 2.24) is 10.2 Å². The maximum Gasteiger partial charge on any atom is 0.224 e. The van der Waals surface area contributed by atoms with Crippen LogP contribution in [0.3, 0.4) is 0 Å². The van der Waals surface area contributed by atoms with E-state index in [1.54, 1.807) is 11.3 Å². The van der Waals surface area contributed by atoms with Crippen molar-refractivity contribution < 1.29 is 14.3 Å². The average molecular weight is 347 g/mol. The minimum absolute atomic E-state index is 0. The van der Waals surface area contributed by atoms with Gasteiger partial charge in [0.05, 0.1) is 25.9 Å². The van der Waals surface area contributed by atoms with Gasteiger partial charge in [-0.3, -0.25) is 4.79 Å². The highest BCUT2D eigenvalue weighted by Gasteiger charge is 2.30. The Balaban J connectivity index is 0.00000176. The van der Waals surface area contributed by atoms with E-state index in [9.17, 15) is 4.79 Å². The van der Waals surface area contributed by atoms with Crippen LogP contribution in [0.2, 0.25) is 0 Å². The monoisotopic (exact) mass is 346 g/mol. The Hall–Kier alpha value is -0.660. The third-order valence-corrected chi connectivity index (χ3v) is 4.65. The van der Waals surface area contributed by atoms with Crippen LogP contribution in [0.1, 0.15) is 25.0 Å². The summed E-state index contributed by atoms with van der Waals surface area (Å²) in [6.07, 6.45) is 0.575. The first-order valence-corrected chi connectivity index (χ1v) is 8.43. The zero-order chi connectivity index (χ0) is 14.7. The molecule has 1 amide bonds. The van der Waals surface area contributed by atoms with Crippen LogP contribution < -0.4 is 5.32 Å². The van der Waals surface area contributed by atoms with Crippen LogP contribution in [0.25, 0.3) is 0 Å². The zero-order valence-electron chi connectivity index (χ0n) is 12.7. The fourth-order valence-corrected chi connectivity index (χ4v) is 3.59. The van der Waals surface area contributed by atoms with Gasteiger partial charge in [0.1, 0.15) is 6.10 Å². The second-order valence-corrected chi connectivity index (χ2v) is 6.50. The Morgan fingerprint density at radius 1 is 1.50 bits per heavy atom. The third kappa shape index (κ3) is 4.43. The van der Waals surface area contributed by atoms with E-state index in [4.69, 9.17) is 9.47 Å². The normalized spacial score (nSPS) is 29.0. The molecular weight excluding hydrogens is 324 g/mol. The Kier molecular flexibility index (Phi) is 6.65. The summed E-state index contributed by atoms with van der Waals surface area (Å²) in [5.74, 6) is 0.188. The van der Waals surface area contributed by atoms with Crippen LogP contribution >= 0.6 is 23.7 Å². The largest absolute Gasteiger partial charge is 0.378 e. The molecular formula is C15H23ClN2O3S. The number of amides is 1. The van der Waals surface area contributed by atoms with Crippen molar-refractivity contribution in [3.05, 3.63) is 22.4 Å².